The Labute approximate surface area is 144 Å². The maximum absolute atomic E-state index is 10.7. The number of nitrogens with one attached hydrogen (secondary N) is 1. The molecular formula is C16H16ClN3O4. The first-order valence-corrected chi connectivity index (χ1v) is 7.46. The van der Waals surface area contributed by atoms with Crippen LogP contribution in [0.25, 0.3) is 0 Å². The second kappa shape index (κ2) is 8.16. The maximum atomic E-state index is 10.7. The first-order valence-electron chi connectivity index (χ1n) is 7.09. The van der Waals surface area contributed by atoms with E-state index in [-0.39, 0.29) is 5.69 Å². The fraction of sp³-hybridized carbons (Fsp3) is 0.188. The lowest BCUT2D eigenvalue weighted by atomic mass is 10.2. The van der Waals surface area contributed by atoms with Crippen LogP contribution in [-0.2, 0) is 0 Å². The van der Waals surface area contributed by atoms with Crippen LogP contribution in [0.3, 0.4) is 0 Å². The van der Waals surface area contributed by atoms with Crippen molar-refractivity contribution >= 4 is 29.2 Å². The van der Waals surface area contributed by atoms with Crippen LogP contribution in [-0.4, -0.2) is 24.9 Å². The van der Waals surface area contributed by atoms with E-state index >= 15 is 0 Å². The molecule has 0 saturated heterocycles. The SMILES string of the molecule is CCOc1cc(/C=N\Nc2cccc([N+](=O)[O-])c2)cc(Cl)c1OC. The van der Waals surface area contributed by atoms with Crippen molar-refractivity contribution in [3.8, 4) is 11.5 Å². The van der Waals surface area contributed by atoms with Crippen LogP contribution in [0.4, 0.5) is 11.4 Å². The summed E-state index contributed by atoms with van der Waals surface area (Å²) in [5.74, 6) is 0.978. The number of hydrazone groups is 1. The summed E-state index contributed by atoms with van der Waals surface area (Å²) < 4.78 is 10.7. The summed E-state index contributed by atoms with van der Waals surface area (Å²) in [6.07, 6.45) is 1.53. The highest BCUT2D eigenvalue weighted by Gasteiger charge is 2.10. The van der Waals surface area contributed by atoms with Crippen molar-refractivity contribution in [3.63, 3.8) is 0 Å². The van der Waals surface area contributed by atoms with Gasteiger partial charge in [0.1, 0.15) is 0 Å². The van der Waals surface area contributed by atoms with Gasteiger partial charge in [-0.1, -0.05) is 17.7 Å². The molecule has 126 valence electrons. The Hall–Kier alpha value is -2.80. The molecule has 2 aromatic carbocycles. The molecule has 1 N–H and O–H groups in total. The van der Waals surface area contributed by atoms with Gasteiger partial charge in [0, 0.05) is 12.1 Å². The van der Waals surface area contributed by atoms with Crippen LogP contribution in [0.5, 0.6) is 11.5 Å². The van der Waals surface area contributed by atoms with E-state index in [0.29, 0.717) is 34.4 Å². The van der Waals surface area contributed by atoms with Crippen molar-refractivity contribution in [2.24, 2.45) is 5.10 Å². The second-order valence-corrected chi connectivity index (χ2v) is 5.05. The number of rotatable bonds is 7. The summed E-state index contributed by atoms with van der Waals surface area (Å²) in [5.41, 5.74) is 3.93. The fourth-order valence-electron chi connectivity index (χ4n) is 1.99. The number of methoxy groups -OCH3 is 1. The Bertz CT molecular complexity index is 765. The van der Waals surface area contributed by atoms with Gasteiger partial charge in [0.05, 0.1) is 35.6 Å². The van der Waals surface area contributed by atoms with Crippen molar-refractivity contribution in [3.05, 3.63) is 57.1 Å². The van der Waals surface area contributed by atoms with Gasteiger partial charge in [-0.2, -0.15) is 5.10 Å². The van der Waals surface area contributed by atoms with E-state index in [4.69, 9.17) is 21.1 Å². The summed E-state index contributed by atoms with van der Waals surface area (Å²) in [6, 6.07) is 9.48. The molecule has 0 atom stereocenters. The molecule has 0 aliphatic carbocycles. The molecule has 0 aromatic heterocycles. The van der Waals surface area contributed by atoms with E-state index in [1.807, 2.05) is 6.92 Å². The van der Waals surface area contributed by atoms with Crippen LogP contribution < -0.4 is 14.9 Å². The van der Waals surface area contributed by atoms with Crippen LogP contribution in [0.1, 0.15) is 12.5 Å². The average molecular weight is 350 g/mol. The van der Waals surface area contributed by atoms with E-state index in [2.05, 4.69) is 10.5 Å². The van der Waals surface area contributed by atoms with Crippen molar-refractivity contribution in [1.29, 1.82) is 0 Å². The van der Waals surface area contributed by atoms with Gasteiger partial charge in [-0.3, -0.25) is 15.5 Å². The van der Waals surface area contributed by atoms with Crippen molar-refractivity contribution < 1.29 is 14.4 Å². The summed E-state index contributed by atoms with van der Waals surface area (Å²) in [7, 11) is 1.52. The number of hydrogen-bond acceptors (Lipinski definition) is 6. The number of non-ortho nitro benzene ring substituents is 1. The van der Waals surface area contributed by atoms with Crippen LogP contribution in [0, 0.1) is 10.1 Å². The maximum Gasteiger partial charge on any atom is 0.271 e. The van der Waals surface area contributed by atoms with E-state index in [1.54, 1.807) is 24.3 Å². The lowest BCUT2D eigenvalue weighted by Gasteiger charge is -2.11. The molecule has 0 heterocycles. The van der Waals surface area contributed by atoms with Gasteiger partial charge >= 0.3 is 0 Å². The van der Waals surface area contributed by atoms with Gasteiger partial charge in [0.2, 0.25) is 0 Å². The largest absolute Gasteiger partial charge is 0.491 e. The highest BCUT2D eigenvalue weighted by molar-refractivity contribution is 6.32. The predicted octanol–water partition coefficient (Wildman–Crippen LogP) is 4.10. The number of nitro benzene ring substituents is 1. The zero-order chi connectivity index (χ0) is 17.5. The summed E-state index contributed by atoms with van der Waals surface area (Å²) in [4.78, 5) is 10.3. The predicted molar refractivity (Wildman–Crippen MR) is 93.5 cm³/mol. The summed E-state index contributed by atoms with van der Waals surface area (Å²) in [6.45, 7) is 2.33. The molecule has 2 rings (SSSR count). The monoisotopic (exact) mass is 349 g/mol. The highest BCUT2D eigenvalue weighted by Crippen LogP contribution is 2.35. The molecule has 0 aliphatic heterocycles. The van der Waals surface area contributed by atoms with Crippen LogP contribution in [0.2, 0.25) is 5.02 Å². The van der Waals surface area contributed by atoms with E-state index in [0.717, 1.165) is 0 Å². The Kier molecular flexibility index (Phi) is 5.97. The lowest BCUT2D eigenvalue weighted by Crippen LogP contribution is -1.98. The molecule has 0 saturated carbocycles. The van der Waals surface area contributed by atoms with E-state index in [9.17, 15) is 10.1 Å². The third-order valence-corrected chi connectivity index (χ3v) is 3.28. The lowest BCUT2D eigenvalue weighted by molar-refractivity contribution is -0.384. The van der Waals surface area contributed by atoms with Gasteiger partial charge in [-0.25, -0.2) is 0 Å². The molecule has 0 fully saturated rings. The third kappa shape index (κ3) is 4.36. The number of halogens is 1. The summed E-state index contributed by atoms with van der Waals surface area (Å²) >= 11 is 6.16. The van der Waals surface area contributed by atoms with Crippen molar-refractivity contribution in [1.82, 2.24) is 0 Å². The standard InChI is InChI=1S/C16H16ClN3O4/c1-3-24-15-8-11(7-14(17)16(15)23-2)10-18-19-12-5-4-6-13(9-12)20(21)22/h4-10,19H,3H2,1-2H3/b18-10-. The number of anilines is 1. The number of benzene rings is 2. The number of nitro groups is 1. The molecule has 0 bridgehead atoms. The Morgan fingerprint density at radius 1 is 1.38 bits per heavy atom. The highest BCUT2D eigenvalue weighted by atomic mass is 35.5. The van der Waals surface area contributed by atoms with Gasteiger partial charge in [0.15, 0.2) is 11.5 Å². The van der Waals surface area contributed by atoms with Crippen molar-refractivity contribution in [2.45, 2.75) is 6.92 Å². The smallest absolute Gasteiger partial charge is 0.271 e. The average Bonchev–Trinajstić information content (AvgIpc) is 2.55. The molecule has 0 unspecified atom stereocenters. The van der Waals surface area contributed by atoms with E-state index in [1.165, 1.54) is 25.5 Å². The molecule has 0 aliphatic rings. The molecule has 7 nitrogen and oxygen atoms in total. The molecule has 8 heteroatoms. The molecular weight excluding hydrogens is 334 g/mol. The zero-order valence-corrected chi connectivity index (χ0v) is 13.9. The number of nitrogens with zero attached hydrogens (tertiary/aromatic N) is 2. The topological polar surface area (TPSA) is 86.0 Å². The van der Waals surface area contributed by atoms with Crippen LogP contribution in [0.15, 0.2) is 41.5 Å². The van der Waals surface area contributed by atoms with E-state index < -0.39 is 4.92 Å². The number of hydrogen-bond donors (Lipinski definition) is 1. The Morgan fingerprint density at radius 3 is 2.83 bits per heavy atom. The molecule has 0 spiro atoms. The van der Waals surface area contributed by atoms with Gasteiger partial charge < -0.3 is 9.47 Å². The second-order valence-electron chi connectivity index (χ2n) is 4.64. The minimum absolute atomic E-state index is 0.0127. The first kappa shape index (κ1) is 17.6. The molecule has 0 amide bonds. The molecule has 0 radical (unpaired) electrons. The Morgan fingerprint density at radius 2 is 2.17 bits per heavy atom. The van der Waals surface area contributed by atoms with Gasteiger partial charge in [-0.15, -0.1) is 0 Å². The molecule has 24 heavy (non-hydrogen) atoms. The number of ether oxygens (including phenoxy) is 2. The minimum atomic E-state index is -0.466. The van der Waals surface area contributed by atoms with Crippen molar-refractivity contribution in [2.75, 3.05) is 19.1 Å². The first-order chi connectivity index (χ1) is 11.5. The fourth-order valence-corrected chi connectivity index (χ4v) is 2.29. The van der Waals surface area contributed by atoms with Gasteiger partial charge in [-0.05, 0) is 30.7 Å². The minimum Gasteiger partial charge on any atom is -0.491 e. The zero-order valence-electron chi connectivity index (χ0n) is 13.2. The normalized spacial score (nSPS) is 10.6. The third-order valence-electron chi connectivity index (χ3n) is 3.00. The van der Waals surface area contributed by atoms with Gasteiger partial charge in [0.25, 0.3) is 5.69 Å². The Balaban J connectivity index is 2.17. The molecule has 2 aromatic rings. The van der Waals surface area contributed by atoms with Crippen LogP contribution >= 0.6 is 11.6 Å². The summed E-state index contributed by atoms with van der Waals surface area (Å²) in [5, 5.41) is 15.2. The quantitative estimate of drug-likeness (QED) is 0.462.